The smallest absolute Gasteiger partial charge is 0.413 e. The second kappa shape index (κ2) is 5.79. The number of rotatable bonds is 4. The van der Waals surface area contributed by atoms with Crippen molar-refractivity contribution in [3.8, 4) is 0 Å². The fourth-order valence-corrected chi connectivity index (χ4v) is 0.489. The minimum atomic E-state index is -0.700. The average Bonchev–Trinajstić information content (AvgIpc) is 2.03. The number of aliphatic hydroxyl groups is 2. The van der Waals surface area contributed by atoms with E-state index in [4.69, 9.17) is 14.9 Å². The van der Waals surface area contributed by atoms with Crippen molar-refractivity contribution in [3.63, 3.8) is 0 Å². The second-order valence-electron chi connectivity index (χ2n) is 2.79. The summed E-state index contributed by atoms with van der Waals surface area (Å²) in [6.07, 6.45) is -0.700. The van der Waals surface area contributed by atoms with Gasteiger partial charge in [0.15, 0.2) is 0 Å². The van der Waals surface area contributed by atoms with Crippen LogP contribution in [-0.2, 0) is 4.74 Å². The number of nitrogens with zero attached hydrogens (tertiary/aromatic N) is 1. The van der Waals surface area contributed by atoms with Gasteiger partial charge in [0.25, 0.3) is 0 Å². The van der Waals surface area contributed by atoms with Crippen molar-refractivity contribution in [3.05, 3.63) is 0 Å². The Morgan fingerprint density at radius 2 is 1.92 bits per heavy atom. The molecular weight excluding hydrogens is 162 g/mol. The van der Waals surface area contributed by atoms with E-state index in [1.165, 1.54) is 0 Å². The topological polar surface area (TPSA) is 70.0 Å². The fourth-order valence-electron chi connectivity index (χ4n) is 0.489. The molecule has 0 aromatic carbocycles. The normalized spacial score (nSPS) is 10.1. The van der Waals surface area contributed by atoms with Gasteiger partial charge in [-0.2, -0.15) is 0 Å². The summed E-state index contributed by atoms with van der Waals surface area (Å²) < 4.78 is 4.71. The predicted octanol–water partition coefficient (Wildman–Crippen LogP) is -0.0194. The lowest BCUT2D eigenvalue weighted by molar-refractivity contribution is 0.0143. The molecule has 0 fully saturated rings. The average molecular weight is 177 g/mol. The molecule has 0 aliphatic rings. The molecule has 0 bridgehead atoms. The van der Waals surface area contributed by atoms with E-state index in [9.17, 15) is 4.79 Å². The van der Waals surface area contributed by atoms with Gasteiger partial charge >= 0.3 is 6.09 Å². The summed E-state index contributed by atoms with van der Waals surface area (Å²) in [5.41, 5.74) is 0. The highest BCUT2D eigenvalue weighted by atomic mass is 16.6. The van der Waals surface area contributed by atoms with Gasteiger partial charge in [-0.15, -0.1) is 0 Å². The number of carbonyl (C=O) groups excluding carboxylic acids is 1. The quantitative estimate of drug-likeness (QED) is 0.592. The molecule has 0 aliphatic carbocycles. The maximum atomic E-state index is 10.9. The van der Waals surface area contributed by atoms with Crippen molar-refractivity contribution in [2.75, 3.05) is 20.1 Å². The molecule has 12 heavy (non-hydrogen) atoms. The molecule has 0 rings (SSSR count). The lowest BCUT2D eigenvalue weighted by Crippen LogP contribution is -2.33. The third-order valence-electron chi connectivity index (χ3n) is 1.14. The highest BCUT2D eigenvalue weighted by Crippen LogP contribution is 1.96. The van der Waals surface area contributed by atoms with Gasteiger partial charge in [-0.05, 0) is 5.92 Å². The molecule has 0 spiro atoms. The van der Waals surface area contributed by atoms with Crippen LogP contribution in [0.25, 0.3) is 0 Å². The number of ether oxygens (including phenoxy) is 1. The van der Waals surface area contributed by atoms with Crippen molar-refractivity contribution in [2.45, 2.75) is 13.8 Å². The predicted molar refractivity (Wildman–Crippen MR) is 42.2 cm³/mol. The summed E-state index contributed by atoms with van der Waals surface area (Å²) in [7, 11) is 0. The van der Waals surface area contributed by atoms with Crippen molar-refractivity contribution >= 4 is 6.09 Å². The van der Waals surface area contributed by atoms with E-state index in [-0.39, 0.29) is 12.5 Å². The van der Waals surface area contributed by atoms with Crippen LogP contribution >= 0.6 is 0 Å². The summed E-state index contributed by atoms with van der Waals surface area (Å²) >= 11 is 0. The van der Waals surface area contributed by atoms with E-state index >= 15 is 0 Å². The standard InChI is InChI=1S/C7H15NO4/c1-6(2)3-12-7(11)8(4-9)5-10/h6,9-10H,3-5H2,1-2H3. The molecule has 0 saturated heterocycles. The Morgan fingerprint density at radius 1 is 1.42 bits per heavy atom. The van der Waals surface area contributed by atoms with Crippen LogP contribution in [-0.4, -0.2) is 41.3 Å². The molecule has 1 amide bonds. The summed E-state index contributed by atoms with van der Waals surface area (Å²) in [6, 6.07) is 0. The molecule has 0 aliphatic heterocycles. The Hall–Kier alpha value is -0.810. The van der Waals surface area contributed by atoms with Crippen LogP contribution in [0.15, 0.2) is 0 Å². The van der Waals surface area contributed by atoms with Crippen molar-refractivity contribution in [1.29, 1.82) is 0 Å². The molecule has 0 atom stereocenters. The van der Waals surface area contributed by atoms with Crippen molar-refractivity contribution in [1.82, 2.24) is 4.90 Å². The SMILES string of the molecule is CC(C)COC(=O)N(CO)CO. The highest BCUT2D eigenvalue weighted by Gasteiger charge is 2.12. The summed E-state index contributed by atoms with van der Waals surface area (Å²) in [4.78, 5) is 11.7. The molecule has 0 heterocycles. The number of aliphatic hydroxyl groups excluding tert-OH is 2. The van der Waals surface area contributed by atoms with Crippen LogP contribution in [0.1, 0.15) is 13.8 Å². The Balaban J connectivity index is 3.69. The molecule has 5 nitrogen and oxygen atoms in total. The number of hydrogen-bond acceptors (Lipinski definition) is 4. The van der Waals surface area contributed by atoms with Crippen LogP contribution in [0.5, 0.6) is 0 Å². The number of hydrogen-bond donors (Lipinski definition) is 2. The lowest BCUT2D eigenvalue weighted by atomic mass is 10.2. The summed E-state index contributed by atoms with van der Waals surface area (Å²) in [5, 5.41) is 17.1. The molecule has 0 saturated carbocycles. The maximum absolute atomic E-state index is 10.9. The number of carbonyl (C=O) groups is 1. The van der Waals surface area contributed by atoms with Gasteiger partial charge in [0.2, 0.25) is 0 Å². The zero-order chi connectivity index (χ0) is 9.56. The first-order valence-electron chi connectivity index (χ1n) is 3.75. The maximum Gasteiger partial charge on any atom is 0.413 e. The highest BCUT2D eigenvalue weighted by molar-refractivity contribution is 5.67. The van der Waals surface area contributed by atoms with Gasteiger partial charge in [0.05, 0.1) is 6.61 Å². The van der Waals surface area contributed by atoms with Gasteiger partial charge in [-0.25, -0.2) is 4.79 Å². The van der Waals surface area contributed by atoms with Gasteiger partial charge in [0, 0.05) is 0 Å². The first-order chi connectivity index (χ1) is 5.61. The number of amides is 1. The minimum absolute atomic E-state index is 0.244. The van der Waals surface area contributed by atoms with Gasteiger partial charge in [0.1, 0.15) is 13.5 Å². The van der Waals surface area contributed by atoms with Crippen LogP contribution in [0, 0.1) is 5.92 Å². The van der Waals surface area contributed by atoms with Crippen molar-refractivity contribution < 1.29 is 19.7 Å². The zero-order valence-electron chi connectivity index (χ0n) is 7.36. The minimum Gasteiger partial charge on any atom is -0.449 e. The van der Waals surface area contributed by atoms with E-state index in [2.05, 4.69) is 0 Å². The summed E-state index contributed by atoms with van der Waals surface area (Å²) in [6.45, 7) is 3.02. The third-order valence-corrected chi connectivity index (χ3v) is 1.14. The van der Waals surface area contributed by atoms with E-state index in [1.54, 1.807) is 0 Å². The van der Waals surface area contributed by atoms with E-state index in [0.717, 1.165) is 4.90 Å². The van der Waals surface area contributed by atoms with Crippen LogP contribution in [0.3, 0.4) is 0 Å². The van der Waals surface area contributed by atoms with Gasteiger partial charge in [-0.3, -0.25) is 4.90 Å². The summed E-state index contributed by atoms with van der Waals surface area (Å²) in [5.74, 6) is 0.244. The third kappa shape index (κ3) is 4.15. The molecule has 0 unspecified atom stereocenters. The monoisotopic (exact) mass is 177 g/mol. The largest absolute Gasteiger partial charge is 0.449 e. The van der Waals surface area contributed by atoms with Crippen LogP contribution in [0.4, 0.5) is 4.79 Å². The molecule has 0 aromatic rings. The Bertz CT molecular complexity index is 133. The zero-order valence-corrected chi connectivity index (χ0v) is 7.36. The Labute approximate surface area is 71.6 Å². The fraction of sp³-hybridized carbons (Fsp3) is 0.857. The van der Waals surface area contributed by atoms with Crippen molar-refractivity contribution in [2.24, 2.45) is 5.92 Å². The molecule has 72 valence electrons. The lowest BCUT2D eigenvalue weighted by Gasteiger charge is -2.16. The molecule has 5 heteroatoms. The van der Waals surface area contributed by atoms with Crippen LogP contribution in [0.2, 0.25) is 0 Å². The van der Waals surface area contributed by atoms with Gasteiger partial charge in [-0.1, -0.05) is 13.8 Å². The molecular formula is C7H15NO4. The van der Waals surface area contributed by atoms with E-state index in [0.29, 0.717) is 0 Å². The Morgan fingerprint density at radius 3 is 2.25 bits per heavy atom. The van der Waals surface area contributed by atoms with Gasteiger partial charge < -0.3 is 14.9 Å². The Kier molecular flexibility index (Phi) is 5.40. The molecule has 2 N–H and O–H groups in total. The molecule has 0 aromatic heterocycles. The first-order valence-corrected chi connectivity index (χ1v) is 3.75. The molecule has 0 radical (unpaired) electrons. The first kappa shape index (κ1) is 11.2. The van der Waals surface area contributed by atoms with E-state index < -0.39 is 19.6 Å². The van der Waals surface area contributed by atoms with Crippen LogP contribution < -0.4 is 0 Å². The van der Waals surface area contributed by atoms with E-state index in [1.807, 2.05) is 13.8 Å². The second-order valence-corrected chi connectivity index (χ2v) is 2.79.